The van der Waals surface area contributed by atoms with Crippen LogP contribution in [-0.4, -0.2) is 4.98 Å². The highest BCUT2D eigenvalue weighted by Crippen LogP contribution is 2.32. The van der Waals surface area contributed by atoms with Crippen molar-refractivity contribution in [2.24, 2.45) is 0 Å². The van der Waals surface area contributed by atoms with Gasteiger partial charge in [0.2, 0.25) is 0 Å². The Bertz CT molecular complexity index is 522. The fourth-order valence-corrected chi connectivity index (χ4v) is 2.63. The number of hydrogen-bond donors (Lipinski definition) is 1. The fourth-order valence-electron chi connectivity index (χ4n) is 1.71. The summed E-state index contributed by atoms with van der Waals surface area (Å²) < 4.78 is 0. The van der Waals surface area contributed by atoms with E-state index in [1.54, 1.807) is 11.3 Å². The van der Waals surface area contributed by atoms with E-state index in [4.69, 9.17) is 5.73 Å². The number of anilines is 1. The molecule has 1 heterocycles. The number of aromatic nitrogens is 1. The lowest BCUT2D eigenvalue weighted by Crippen LogP contribution is -1.88. The van der Waals surface area contributed by atoms with Gasteiger partial charge >= 0.3 is 0 Å². The van der Waals surface area contributed by atoms with Gasteiger partial charge in [-0.1, -0.05) is 17.4 Å². The highest BCUT2D eigenvalue weighted by molar-refractivity contribution is 7.18. The van der Waals surface area contributed by atoms with Crippen LogP contribution >= 0.6 is 11.3 Å². The summed E-state index contributed by atoms with van der Waals surface area (Å²) in [4.78, 5) is 4.51. The van der Waals surface area contributed by atoms with Crippen LogP contribution in [0.15, 0.2) is 12.1 Å². The zero-order valence-electron chi connectivity index (χ0n) is 10.1. The van der Waals surface area contributed by atoms with Crippen LogP contribution in [0.25, 0.3) is 10.6 Å². The lowest BCUT2D eigenvalue weighted by Gasteiger charge is -2.07. The Kier molecular flexibility index (Phi) is 2.72. The lowest BCUT2D eigenvalue weighted by atomic mass is 10.0. The van der Waals surface area contributed by atoms with E-state index >= 15 is 0 Å². The van der Waals surface area contributed by atoms with Crippen molar-refractivity contribution in [3.8, 4) is 10.6 Å². The number of rotatable bonds is 1. The summed E-state index contributed by atoms with van der Waals surface area (Å²) in [6.45, 7) is 8.33. The molecule has 0 atom stereocenters. The first-order valence-electron chi connectivity index (χ1n) is 5.30. The largest absolute Gasteiger partial charge is 0.389 e. The van der Waals surface area contributed by atoms with E-state index in [1.165, 1.54) is 22.3 Å². The molecule has 0 saturated carbocycles. The molecule has 2 aromatic rings. The third-order valence-corrected chi connectivity index (χ3v) is 3.92. The van der Waals surface area contributed by atoms with Gasteiger partial charge in [-0.05, 0) is 50.5 Å². The molecule has 1 aromatic heterocycles. The van der Waals surface area contributed by atoms with E-state index in [2.05, 4.69) is 37.9 Å². The van der Waals surface area contributed by atoms with E-state index in [0.717, 1.165) is 15.7 Å². The second-order valence-corrected chi connectivity index (χ2v) is 5.25. The number of nitrogen functional groups attached to an aromatic ring is 1. The third-order valence-electron chi connectivity index (χ3n) is 2.90. The zero-order valence-corrected chi connectivity index (χ0v) is 10.9. The van der Waals surface area contributed by atoms with E-state index in [1.807, 2.05) is 6.92 Å². The van der Waals surface area contributed by atoms with Gasteiger partial charge in [0.05, 0.1) is 5.69 Å². The minimum absolute atomic E-state index is 0.813. The molecule has 0 fully saturated rings. The molecule has 0 aliphatic carbocycles. The molecule has 84 valence electrons. The number of hydrogen-bond acceptors (Lipinski definition) is 3. The zero-order chi connectivity index (χ0) is 11.9. The minimum atomic E-state index is 0.813. The standard InChI is InChI=1S/C13H16N2S/c1-7-5-9(3)11(6-8(7)2)13-15-10(4)12(14)16-13/h5-6H,14H2,1-4H3. The molecule has 16 heavy (non-hydrogen) atoms. The van der Waals surface area contributed by atoms with Crippen molar-refractivity contribution in [3.63, 3.8) is 0 Å². The predicted molar refractivity (Wildman–Crippen MR) is 70.9 cm³/mol. The number of aryl methyl sites for hydroxylation is 4. The highest BCUT2D eigenvalue weighted by Gasteiger charge is 2.10. The Morgan fingerprint density at radius 1 is 1.00 bits per heavy atom. The topological polar surface area (TPSA) is 38.9 Å². The van der Waals surface area contributed by atoms with Crippen LogP contribution in [0.1, 0.15) is 22.4 Å². The molecule has 0 bridgehead atoms. The molecule has 0 unspecified atom stereocenters. The Morgan fingerprint density at radius 3 is 2.19 bits per heavy atom. The van der Waals surface area contributed by atoms with Gasteiger partial charge < -0.3 is 5.73 Å². The maximum absolute atomic E-state index is 5.85. The second-order valence-electron chi connectivity index (χ2n) is 4.22. The number of benzene rings is 1. The van der Waals surface area contributed by atoms with Gasteiger partial charge in [-0.15, -0.1) is 0 Å². The van der Waals surface area contributed by atoms with Crippen LogP contribution in [0, 0.1) is 27.7 Å². The molecule has 3 heteroatoms. The molecule has 2 N–H and O–H groups in total. The van der Waals surface area contributed by atoms with E-state index in [0.29, 0.717) is 0 Å². The smallest absolute Gasteiger partial charge is 0.125 e. The fraction of sp³-hybridized carbons (Fsp3) is 0.308. The molecule has 0 aliphatic heterocycles. The third kappa shape index (κ3) is 1.83. The first kappa shape index (κ1) is 11.1. The van der Waals surface area contributed by atoms with Crippen molar-refractivity contribution in [1.29, 1.82) is 0 Å². The summed E-state index contributed by atoms with van der Waals surface area (Å²) >= 11 is 1.56. The average Bonchev–Trinajstić information content (AvgIpc) is 2.53. The molecular weight excluding hydrogens is 216 g/mol. The molecule has 2 nitrogen and oxygen atoms in total. The van der Waals surface area contributed by atoms with Gasteiger partial charge in [0.25, 0.3) is 0 Å². The van der Waals surface area contributed by atoms with Crippen LogP contribution in [0.4, 0.5) is 5.00 Å². The monoisotopic (exact) mass is 232 g/mol. The molecule has 0 radical (unpaired) electrons. The van der Waals surface area contributed by atoms with Gasteiger partial charge in [0.15, 0.2) is 0 Å². The second kappa shape index (κ2) is 3.91. The van der Waals surface area contributed by atoms with Crippen LogP contribution in [-0.2, 0) is 0 Å². The van der Waals surface area contributed by atoms with Crippen molar-refractivity contribution in [2.45, 2.75) is 27.7 Å². The van der Waals surface area contributed by atoms with E-state index in [9.17, 15) is 0 Å². The molecule has 2 rings (SSSR count). The molecule has 0 spiro atoms. The van der Waals surface area contributed by atoms with E-state index < -0.39 is 0 Å². The first-order chi connectivity index (χ1) is 7.49. The summed E-state index contributed by atoms with van der Waals surface area (Å²) in [5.74, 6) is 0. The van der Waals surface area contributed by atoms with Crippen molar-refractivity contribution < 1.29 is 0 Å². The van der Waals surface area contributed by atoms with E-state index in [-0.39, 0.29) is 0 Å². The minimum Gasteiger partial charge on any atom is -0.389 e. The summed E-state index contributed by atoms with van der Waals surface area (Å²) in [5, 5.41) is 1.84. The van der Waals surface area contributed by atoms with Crippen molar-refractivity contribution >= 4 is 16.3 Å². The Labute approximate surface area is 100 Å². The number of thiazole rings is 1. The van der Waals surface area contributed by atoms with Crippen LogP contribution in [0.2, 0.25) is 0 Å². The Balaban J connectivity index is 2.60. The van der Waals surface area contributed by atoms with Gasteiger partial charge in [-0.2, -0.15) is 0 Å². The Morgan fingerprint density at radius 2 is 1.62 bits per heavy atom. The lowest BCUT2D eigenvalue weighted by molar-refractivity contribution is 1.25. The number of nitrogens with zero attached hydrogens (tertiary/aromatic N) is 1. The summed E-state index contributed by atoms with van der Waals surface area (Å²) in [6.07, 6.45) is 0. The van der Waals surface area contributed by atoms with Crippen molar-refractivity contribution in [2.75, 3.05) is 5.73 Å². The maximum atomic E-state index is 5.85. The predicted octanol–water partition coefficient (Wildman–Crippen LogP) is 3.63. The van der Waals surface area contributed by atoms with Gasteiger partial charge in [0.1, 0.15) is 10.0 Å². The van der Waals surface area contributed by atoms with Gasteiger partial charge in [0, 0.05) is 5.56 Å². The first-order valence-corrected chi connectivity index (χ1v) is 6.12. The summed E-state index contributed by atoms with van der Waals surface area (Å²) in [5.41, 5.74) is 11.9. The normalized spacial score (nSPS) is 10.8. The van der Waals surface area contributed by atoms with Crippen molar-refractivity contribution in [3.05, 3.63) is 34.5 Å². The average molecular weight is 232 g/mol. The SMILES string of the molecule is Cc1cc(C)c(-c2nc(C)c(N)s2)cc1C. The maximum Gasteiger partial charge on any atom is 0.125 e. The van der Waals surface area contributed by atoms with Crippen LogP contribution in [0.3, 0.4) is 0 Å². The molecule has 0 amide bonds. The molecule has 0 saturated heterocycles. The summed E-state index contributed by atoms with van der Waals surface area (Å²) in [7, 11) is 0. The van der Waals surface area contributed by atoms with Gasteiger partial charge in [-0.25, -0.2) is 4.98 Å². The Hall–Kier alpha value is -1.35. The quantitative estimate of drug-likeness (QED) is 0.815. The summed E-state index contributed by atoms with van der Waals surface area (Å²) in [6, 6.07) is 4.40. The molecular formula is C13H16N2S. The molecule has 1 aromatic carbocycles. The number of nitrogens with two attached hydrogens (primary N) is 1. The molecule has 0 aliphatic rings. The van der Waals surface area contributed by atoms with Crippen LogP contribution < -0.4 is 5.73 Å². The van der Waals surface area contributed by atoms with Crippen LogP contribution in [0.5, 0.6) is 0 Å². The van der Waals surface area contributed by atoms with Gasteiger partial charge in [-0.3, -0.25) is 0 Å². The highest BCUT2D eigenvalue weighted by atomic mass is 32.1. The van der Waals surface area contributed by atoms with Crippen molar-refractivity contribution in [1.82, 2.24) is 4.98 Å².